The van der Waals surface area contributed by atoms with Crippen LogP contribution in [0.3, 0.4) is 0 Å². The molecule has 0 atom stereocenters. The second-order valence-corrected chi connectivity index (χ2v) is 6.66. The van der Waals surface area contributed by atoms with Gasteiger partial charge in [-0.1, -0.05) is 6.07 Å². The summed E-state index contributed by atoms with van der Waals surface area (Å²) in [6.07, 6.45) is 1.18. The van der Waals surface area contributed by atoms with Gasteiger partial charge in [-0.25, -0.2) is 13.4 Å². The summed E-state index contributed by atoms with van der Waals surface area (Å²) < 4.78 is 30.9. The van der Waals surface area contributed by atoms with E-state index in [4.69, 9.17) is 16.3 Å². The lowest BCUT2D eigenvalue weighted by atomic mass is 10.3. The molecule has 0 fully saturated rings. The number of halogens is 1. The normalized spacial score (nSPS) is 12.2. The van der Waals surface area contributed by atoms with E-state index in [-0.39, 0.29) is 10.8 Å². The van der Waals surface area contributed by atoms with Crippen molar-refractivity contribution in [2.45, 2.75) is 24.2 Å². The van der Waals surface area contributed by atoms with Crippen LogP contribution in [0.15, 0.2) is 23.1 Å². The summed E-state index contributed by atoms with van der Waals surface area (Å²) in [6.45, 7) is 3.70. The lowest BCUT2D eigenvalue weighted by Gasteiger charge is -2.07. The number of hydrogen-bond acceptors (Lipinski definition) is 4. The van der Waals surface area contributed by atoms with Crippen molar-refractivity contribution in [3.63, 3.8) is 0 Å². The highest BCUT2D eigenvalue weighted by Gasteiger charge is 2.18. The summed E-state index contributed by atoms with van der Waals surface area (Å²) in [5.41, 5.74) is 1.24. The molecule has 20 heavy (non-hydrogen) atoms. The molecule has 0 N–H and O–H groups in total. The molecule has 2 aromatic rings. The van der Waals surface area contributed by atoms with E-state index in [1.54, 1.807) is 12.1 Å². The molecule has 0 bridgehead atoms. The Balaban J connectivity index is 2.57. The minimum atomic E-state index is -3.32. The van der Waals surface area contributed by atoms with Crippen molar-refractivity contribution in [2.24, 2.45) is 0 Å². The molecule has 1 aromatic heterocycles. The van der Waals surface area contributed by atoms with Crippen LogP contribution in [0.1, 0.15) is 12.7 Å². The lowest BCUT2D eigenvalue weighted by Crippen LogP contribution is -2.08. The maximum atomic E-state index is 11.8. The Morgan fingerprint density at radius 1 is 1.40 bits per heavy atom. The molecule has 0 saturated carbocycles. The fourth-order valence-corrected chi connectivity index (χ4v) is 3.15. The van der Waals surface area contributed by atoms with E-state index in [2.05, 4.69) is 4.98 Å². The van der Waals surface area contributed by atoms with E-state index in [9.17, 15) is 8.42 Å². The number of alkyl halides is 1. The summed E-state index contributed by atoms with van der Waals surface area (Å²) in [4.78, 5) is 4.61. The molecule has 0 unspecified atom stereocenters. The first-order valence-electron chi connectivity index (χ1n) is 6.31. The van der Waals surface area contributed by atoms with E-state index in [1.165, 1.54) is 6.26 Å². The molecule has 0 aliphatic rings. The average molecular weight is 317 g/mol. The SMILES string of the molecule is CCOCCn1c(CCl)nc2c(S(C)(=O)=O)cccc21. The molecule has 0 aliphatic carbocycles. The molecular weight excluding hydrogens is 300 g/mol. The van der Waals surface area contributed by atoms with Gasteiger partial charge in [-0.2, -0.15) is 0 Å². The molecule has 5 nitrogen and oxygen atoms in total. The third kappa shape index (κ3) is 2.97. The third-order valence-corrected chi connectivity index (χ3v) is 4.37. The quantitative estimate of drug-likeness (QED) is 0.605. The molecular formula is C13H17ClN2O3S. The van der Waals surface area contributed by atoms with Crippen LogP contribution in [0.4, 0.5) is 0 Å². The van der Waals surface area contributed by atoms with Crippen LogP contribution in [0.5, 0.6) is 0 Å². The third-order valence-electron chi connectivity index (χ3n) is 3.00. The lowest BCUT2D eigenvalue weighted by molar-refractivity contribution is 0.139. The predicted molar refractivity (Wildman–Crippen MR) is 78.9 cm³/mol. The van der Waals surface area contributed by atoms with Crippen molar-refractivity contribution < 1.29 is 13.2 Å². The number of nitrogens with zero attached hydrogens (tertiary/aromatic N) is 2. The van der Waals surface area contributed by atoms with Crippen molar-refractivity contribution >= 4 is 32.5 Å². The van der Waals surface area contributed by atoms with Crippen molar-refractivity contribution in [1.29, 1.82) is 0 Å². The molecule has 1 heterocycles. The first kappa shape index (κ1) is 15.3. The van der Waals surface area contributed by atoms with Crippen molar-refractivity contribution in [3.05, 3.63) is 24.0 Å². The minimum absolute atomic E-state index is 0.226. The monoisotopic (exact) mass is 316 g/mol. The molecule has 0 aliphatic heterocycles. The van der Waals surface area contributed by atoms with Gasteiger partial charge in [0.2, 0.25) is 0 Å². The van der Waals surface area contributed by atoms with Crippen LogP contribution in [0, 0.1) is 0 Å². The number of imidazole rings is 1. The molecule has 0 amide bonds. The van der Waals surface area contributed by atoms with Crippen molar-refractivity contribution in [3.8, 4) is 0 Å². The molecule has 0 spiro atoms. The largest absolute Gasteiger partial charge is 0.380 e. The Labute approximate surface area is 123 Å². The van der Waals surface area contributed by atoms with Crippen LogP contribution in [-0.4, -0.2) is 37.4 Å². The molecule has 0 radical (unpaired) electrons. The Bertz CT molecular complexity index is 710. The van der Waals surface area contributed by atoms with Gasteiger partial charge in [-0.15, -0.1) is 11.6 Å². The van der Waals surface area contributed by atoms with Gasteiger partial charge >= 0.3 is 0 Å². The first-order valence-corrected chi connectivity index (χ1v) is 8.73. The minimum Gasteiger partial charge on any atom is -0.380 e. The van der Waals surface area contributed by atoms with E-state index in [0.717, 1.165) is 5.52 Å². The highest BCUT2D eigenvalue weighted by molar-refractivity contribution is 7.91. The molecule has 1 aromatic carbocycles. The summed E-state index contributed by atoms with van der Waals surface area (Å²) in [5.74, 6) is 0.877. The summed E-state index contributed by atoms with van der Waals surface area (Å²) in [6, 6.07) is 5.13. The van der Waals surface area contributed by atoms with Crippen LogP contribution in [0.2, 0.25) is 0 Å². The van der Waals surface area contributed by atoms with E-state index < -0.39 is 9.84 Å². The summed E-state index contributed by atoms with van der Waals surface area (Å²) in [5, 5.41) is 0. The Morgan fingerprint density at radius 3 is 2.75 bits per heavy atom. The average Bonchev–Trinajstić information content (AvgIpc) is 2.76. The van der Waals surface area contributed by atoms with Crippen LogP contribution >= 0.6 is 11.6 Å². The second kappa shape index (κ2) is 6.11. The number of ether oxygens (including phenoxy) is 1. The van der Waals surface area contributed by atoms with E-state index >= 15 is 0 Å². The Kier molecular flexibility index (Phi) is 4.67. The molecule has 110 valence electrons. The van der Waals surface area contributed by atoms with E-state index in [0.29, 0.717) is 31.1 Å². The predicted octanol–water partition coefficient (Wildman–Crippen LogP) is 2.22. The van der Waals surface area contributed by atoms with Crippen molar-refractivity contribution in [2.75, 3.05) is 19.5 Å². The van der Waals surface area contributed by atoms with Crippen LogP contribution in [-0.2, 0) is 27.0 Å². The van der Waals surface area contributed by atoms with Crippen LogP contribution in [0.25, 0.3) is 11.0 Å². The van der Waals surface area contributed by atoms with Gasteiger partial charge in [-0.05, 0) is 19.1 Å². The Hall–Kier alpha value is -1.11. The molecule has 0 saturated heterocycles. The maximum Gasteiger partial charge on any atom is 0.177 e. The van der Waals surface area contributed by atoms with Gasteiger partial charge < -0.3 is 9.30 Å². The number of fused-ring (bicyclic) bond motifs is 1. The van der Waals surface area contributed by atoms with E-state index in [1.807, 2.05) is 17.6 Å². The zero-order valence-electron chi connectivity index (χ0n) is 11.5. The fourth-order valence-electron chi connectivity index (χ4n) is 2.12. The zero-order chi connectivity index (χ0) is 14.8. The van der Waals surface area contributed by atoms with Gasteiger partial charge in [0.25, 0.3) is 0 Å². The maximum absolute atomic E-state index is 11.8. The van der Waals surface area contributed by atoms with Gasteiger partial charge in [0.15, 0.2) is 9.84 Å². The van der Waals surface area contributed by atoms with Gasteiger partial charge in [0.1, 0.15) is 11.3 Å². The van der Waals surface area contributed by atoms with Crippen LogP contribution < -0.4 is 0 Å². The number of rotatable bonds is 6. The highest BCUT2D eigenvalue weighted by atomic mass is 35.5. The zero-order valence-corrected chi connectivity index (χ0v) is 13.0. The smallest absolute Gasteiger partial charge is 0.177 e. The van der Waals surface area contributed by atoms with Crippen molar-refractivity contribution in [1.82, 2.24) is 9.55 Å². The fraction of sp³-hybridized carbons (Fsp3) is 0.462. The number of sulfone groups is 1. The van der Waals surface area contributed by atoms with Gasteiger partial charge in [0, 0.05) is 19.4 Å². The van der Waals surface area contributed by atoms with Gasteiger partial charge in [0.05, 0.1) is 22.9 Å². The summed E-state index contributed by atoms with van der Waals surface area (Å²) >= 11 is 5.91. The topological polar surface area (TPSA) is 61.2 Å². The Morgan fingerprint density at radius 2 is 2.15 bits per heavy atom. The molecule has 7 heteroatoms. The molecule has 2 rings (SSSR count). The number of hydrogen-bond donors (Lipinski definition) is 0. The highest BCUT2D eigenvalue weighted by Crippen LogP contribution is 2.24. The first-order chi connectivity index (χ1) is 9.49. The second-order valence-electron chi connectivity index (χ2n) is 4.41. The summed E-state index contributed by atoms with van der Waals surface area (Å²) in [7, 11) is -3.32. The number of benzene rings is 1. The standard InChI is InChI=1S/C13H17ClN2O3S/c1-3-19-8-7-16-10-5-4-6-11(20(2,17)18)13(10)15-12(16)9-14/h4-6H,3,7-9H2,1-2H3. The number of aromatic nitrogens is 2. The van der Waals surface area contributed by atoms with Gasteiger partial charge in [-0.3, -0.25) is 0 Å². The number of para-hydroxylation sites is 1.